The molecule has 2 rings (SSSR count). The predicted octanol–water partition coefficient (Wildman–Crippen LogP) is 5.34. The number of nitrogens with zero attached hydrogens (tertiary/aromatic N) is 1. The van der Waals surface area contributed by atoms with Gasteiger partial charge in [0, 0.05) is 17.0 Å². The molecule has 0 fully saturated rings. The van der Waals surface area contributed by atoms with Crippen molar-refractivity contribution in [3.05, 3.63) is 62.7 Å². The van der Waals surface area contributed by atoms with Crippen LogP contribution in [0.15, 0.2) is 36.4 Å². The molecular formula is C15H13Cl2NO3. The Bertz CT molecular complexity index is 674. The maximum absolute atomic E-state index is 11.1. The number of benzene rings is 2. The summed E-state index contributed by atoms with van der Waals surface area (Å²) in [4.78, 5) is 10.6. The Labute approximate surface area is 132 Å². The molecule has 0 aliphatic heterocycles. The minimum absolute atomic E-state index is 0.110. The molecule has 0 aromatic heterocycles. The Morgan fingerprint density at radius 1 is 1.24 bits per heavy atom. The lowest BCUT2D eigenvalue weighted by Gasteiger charge is -2.09. The number of nitro benzene ring substituents is 1. The van der Waals surface area contributed by atoms with Gasteiger partial charge in [0.05, 0.1) is 4.92 Å². The van der Waals surface area contributed by atoms with Crippen LogP contribution in [0.1, 0.15) is 18.1 Å². The molecule has 0 N–H and O–H groups in total. The summed E-state index contributed by atoms with van der Waals surface area (Å²) >= 11 is 11.7. The smallest absolute Gasteiger partial charge is 0.311 e. The molecule has 21 heavy (non-hydrogen) atoms. The molecule has 0 unspecified atom stereocenters. The minimum atomic E-state index is -0.484. The lowest BCUT2D eigenvalue weighted by molar-refractivity contribution is -0.385. The van der Waals surface area contributed by atoms with Crippen LogP contribution in [-0.2, 0) is 12.3 Å². The number of halogens is 2. The Balaban J connectivity index is 2.37. The SMILES string of the molecule is CCc1cc(Oc2ccc(CCl)cc2[N+](=O)[O-])ccc1Cl. The van der Waals surface area contributed by atoms with Gasteiger partial charge in [0.25, 0.3) is 0 Å². The van der Waals surface area contributed by atoms with E-state index in [4.69, 9.17) is 27.9 Å². The third-order valence-electron chi connectivity index (χ3n) is 3.00. The number of hydrogen-bond acceptors (Lipinski definition) is 3. The normalized spacial score (nSPS) is 10.4. The van der Waals surface area contributed by atoms with Crippen LogP contribution < -0.4 is 4.74 Å². The zero-order valence-corrected chi connectivity index (χ0v) is 12.8. The summed E-state index contributed by atoms with van der Waals surface area (Å²) in [6, 6.07) is 9.85. The summed E-state index contributed by atoms with van der Waals surface area (Å²) in [6.07, 6.45) is 0.753. The van der Waals surface area contributed by atoms with Gasteiger partial charge in [-0.15, -0.1) is 11.6 Å². The predicted molar refractivity (Wildman–Crippen MR) is 83.6 cm³/mol. The molecule has 0 saturated carbocycles. The minimum Gasteiger partial charge on any atom is -0.450 e. The molecule has 2 aromatic rings. The van der Waals surface area contributed by atoms with Crippen LogP contribution in [0.4, 0.5) is 5.69 Å². The first-order valence-corrected chi connectivity index (χ1v) is 7.26. The second kappa shape index (κ2) is 6.78. The maximum Gasteiger partial charge on any atom is 0.311 e. The molecule has 0 amide bonds. The average molecular weight is 326 g/mol. The molecule has 0 radical (unpaired) electrons. The van der Waals surface area contributed by atoms with Crippen molar-refractivity contribution in [2.45, 2.75) is 19.2 Å². The average Bonchev–Trinajstić information content (AvgIpc) is 2.49. The van der Waals surface area contributed by atoms with Gasteiger partial charge < -0.3 is 4.74 Å². The zero-order chi connectivity index (χ0) is 15.4. The summed E-state index contributed by atoms with van der Waals surface area (Å²) < 4.78 is 5.62. The van der Waals surface area contributed by atoms with Crippen LogP contribution in [-0.4, -0.2) is 4.92 Å². The van der Waals surface area contributed by atoms with Crippen molar-refractivity contribution < 1.29 is 9.66 Å². The topological polar surface area (TPSA) is 52.4 Å². The highest BCUT2D eigenvalue weighted by Gasteiger charge is 2.17. The molecule has 0 aliphatic carbocycles. The van der Waals surface area contributed by atoms with Gasteiger partial charge >= 0.3 is 5.69 Å². The second-order valence-electron chi connectivity index (χ2n) is 4.40. The van der Waals surface area contributed by atoms with Crippen molar-refractivity contribution in [1.29, 1.82) is 0 Å². The first-order valence-electron chi connectivity index (χ1n) is 6.34. The maximum atomic E-state index is 11.1. The van der Waals surface area contributed by atoms with Crippen molar-refractivity contribution in [2.24, 2.45) is 0 Å². The fraction of sp³-hybridized carbons (Fsp3) is 0.200. The van der Waals surface area contributed by atoms with Crippen LogP contribution in [0.3, 0.4) is 0 Å². The summed E-state index contributed by atoms with van der Waals surface area (Å²) in [6.45, 7) is 1.97. The highest BCUT2D eigenvalue weighted by molar-refractivity contribution is 6.31. The quantitative estimate of drug-likeness (QED) is 0.423. The van der Waals surface area contributed by atoms with Gasteiger partial charge in [-0.05, 0) is 41.8 Å². The van der Waals surface area contributed by atoms with Crippen molar-refractivity contribution in [3.63, 3.8) is 0 Å². The molecule has 0 atom stereocenters. The van der Waals surface area contributed by atoms with Gasteiger partial charge in [0.1, 0.15) is 5.75 Å². The number of alkyl halides is 1. The molecule has 0 heterocycles. The third-order valence-corrected chi connectivity index (χ3v) is 3.68. The highest BCUT2D eigenvalue weighted by atomic mass is 35.5. The molecular weight excluding hydrogens is 313 g/mol. The van der Waals surface area contributed by atoms with Crippen molar-refractivity contribution in [3.8, 4) is 11.5 Å². The molecule has 0 spiro atoms. The van der Waals surface area contributed by atoms with E-state index in [1.54, 1.807) is 30.3 Å². The number of aryl methyl sites for hydroxylation is 1. The number of hydrogen-bond donors (Lipinski definition) is 0. The van der Waals surface area contributed by atoms with E-state index in [9.17, 15) is 10.1 Å². The Morgan fingerprint density at radius 3 is 2.62 bits per heavy atom. The summed E-state index contributed by atoms with van der Waals surface area (Å²) in [5, 5.41) is 11.8. The van der Waals surface area contributed by atoms with Crippen molar-refractivity contribution in [2.75, 3.05) is 0 Å². The van der Waals surface area contributed by atoms with E-state index in [2.05, 4.69) is 0 Å². The van der Waals surface area contributed by atoms with E-state index in [-0.39, 0.29) is 17.3 Å². The van der Waals surface area contributed by atoms with Gasteiger partial charge in [-0.1, -0.05) is 24.6 Å². The Kier molecular flexibility index (Phi) is 5.04. The van der Waals surface area contributed by atoms with E-state index >= 15 is 0 Å². The number of rotatable bonds is 5. The third kappa shape index (κ3) is 3.65. The summed E-state index contributed by atoms with van der Waals surface area (Å²) in [7, 11) is 0. The second-order valence-corrected chi connectivity index (χ2v) is 5.08. The van der Waals surface area contributed by atoms with Crippen LogP contribution in [0.2, 0.25) is 5.02 Å². The van der Waals surface area contributed by atoms with Crippen molar-refractivity contribution in [1.82, 2.24) is 0 Å². The van der Waals surface area contributed by atoms with Gasteiger partial charge in [0.15, 0.2) is 0 Å². The molecule has 0 aliphatic rings. The van der Waals surface area contributed by atoms with Crippen LogP contribution in [0.5, 0.6) is 11.5 Å². The Morgan fingerprint density at radius 2 is 2.00 bits per heavy atom. The first kappa shape index (κ1) is 15.6. The van der Waals surface area contributed by atoms with E-state index in [0.717, 1.165) is 12.0 Å². The summed E-state index contributed by atoms with van der Waals surface area (Å²) in [5.74, 6) is 0.901. The van der Waals surface area contributed by atoms with Crippen LogP contribution >= 0.6 is 23.2 Å². The van der Waals surface area contributed by atoms with Gasteiger partial charge in [0.2, 0.25) is 5.75 Å². The number of nitro groups is 1. The fourth-order valence-electron chi connectivity index (χ4n) is 1.89. The molecule has 0 bridgehead atoms. The molecule has 6 heteroatoms. The van der Waals surface area contributed by atoms with Gasteiger partial charge in [-0.2, -0.15) is 0 Å². The van der Waals surface area contributed by atoms with Gasteiger partial charge in [-0.3, -0.25) is 10.1 Å². The van der Waals surface area contributed by atoms with Crippen LogP contribution in [0, 0.1) is 10.1 Å². The fourth-order valence-corrected chi connectivity index (χ4v) is 2.30. The van der Waals surface area contributed by atoms with E-state index in [1.807, 2.05) is 6.92 Å². The van der Waals surface area contributed by atoms with Crippen molar-refractivity contribution >= 4 is 28.9 Å². The Hall–Kier alpha value is -1.78. The largest absolute Gasteiger partial charge is 0.450 e. The molecule has 2 aromatic carbocycles. The molecule has 110 valence electrons. The summed E-state index contributed by atoms with van der Waals surface area (Å²) in [5.41, 5.74) is 1.48. The van der Waals surface area contributed by atoms with E-state index in [1.165, 1.54) is 6.07 Å². The first-order chi connectivity index (χ1) is 10.0. The highest BCUT2D eigenvalue weighted by Crippen LogP contribution is 2.34. The monoisotopic (exact) mass is 325 g/mol. The van der Waals surface area contributed by atoms with Crippen LogP contribution in [0.25, 0.3) is 0 Å². The lowest BCUT2D eigenvalue weighted by Crippen LogP contribution is -1.95. The number of ether oxygens (including phenoxy) is 1. The standard InChI is InChI=1S/C15H13Cl2NO3/c1-2-11-8-12(4-5-13(11)17)21-15-6-3-10(9-16)7-14(15)18(19)20/h3-8H,2,9H2,1H3. The zero-order valence-electron chi connectivity index (χ0n) is 11.3. The van der Waals surface area contributed by atoms with E-state index < -0.39 is 4.92 Å². The molecule has 0 saturated heterocycles. The van der Waals surface area contributed by atoms with E-state index in [0.29, 0.717) is 16.3 Å². The lowest BCUT2D eigenvalue weighted by atomic mass is 10.1. The molecule has 4 nitrogen and oxygen atoms in total. The van der Waals surface area contributed by atoms with Gasteiger partial charge in [-0.25, -0.2) is 0 Å².